The first kappa shape index (κ1) is 18.9. The second kappa shape index (κ2) is 10.6. The first-order chi connectivity index (χ1) is 10.7. The Morgan fingerprint density at radius 2 is 1.68 bits per heavy atom. The first-order valence-electron chi connectivity index (χ1n) is 8.37. The molecule has 0 aromatic heterocycles. The lowest BCUT2D eigenvalue weighted by Gasteiger charge is -2.20. The van der Waals surface area contributed by atoms with Crippen molar-refractivity contribution in [3.8, 4) is 11.5 Å². The van der Waals surface area contributed by atoms with E-state index in [9.17, 15) is 0 Å². The monoisotopic (exact) mass is 324 g/mol. The Morgan fingerprint density at radius 3 is 2.23 bits per heavy atom. The van der Waals surface area contributed by atoms with Gasteiger partial charge >= 0.3 is 0 Å². The van der Waals surface area contributed by atoms with Crippen LogP contribution in [0.3, 0.4) is 0 Å². The van der Waals surface area contributed by atoms with Crippen LogP contribution in [0.5, 0.6) is 11.5 Å². The molecule has 0 fully saturated rings. The fourth-order valence-corrected chi connectivity index (χ4v) is 2.57. The average molecular weight is 325 g/mol. The van der Waals surface area contributed by atoms with Gasteiger partial charge in [-0.15, -0.1) is 0 Å². The summed E-state index contributed by atoms with van der Waals surface area (Å²) in [6, 6.07) is 3.98. The van der Waals surface area contributed by atoms with Crippen LogP contribution in [0.4, 0.5) is 0 Å². The second-order valence-corrected chi connectivity index (χ2v) is 5.83. The number of hydrogen-bond acceptors (Lipinski definition) is 2. The SMILES string of the molecule is C/C=C\CC(CC)c1cc(Cl)c(OCCC)cc1OCCC. The molecule has 124 valence electrons. The van der Waals surface area contributed by atoms with E-state index in [1.165, 1.54) is 5.56 Å². The zero-order valence-electron chi connectivity index (χ0n) is 14.3. The van der Waals surface area contributed by atoms with Crippen molar-refractivity contribution < 1.29 is 9.47 Å². The second-order valence-electron chi connectivity index (χ2n) is 5.43. The van der Waals surface area contributed by atoms with Gasteiger partial charge in [0.2, 0.25) is 0 Å². The molecule has 3 heteroatoms. The van der Waals surface area contributed by atoms with E-state index in [1.807, 2.05) is 12.1 Å². The fraction of sp³-hybridized carbons (Fsp3) is 0.579. The van der Waals surface area contributed by atoms with E-state index in [-0.39, 0.29) is 0 Å². The molecule has 0 saturated heterocycles. The van der Waals surface area contributed by atoms with Crippen molar-refractivity contribution in [2.75, 3.05) is 13.2 Å². The Morgan fingerprint density at radius 1 is 1.05 bits per heavy atom. The standard InChI is InChI=1S/C19H29ClO2/c1-5-9-10-15(8-4)16-13-17(20)19(22-12-7-3)14-18(16)21-11-6-2/h5,9,13-15H,6-8,10-12H2,1-4H3/b9-5-. The minimum absolute atomic E-state index is 0.417. The maximum absolute atomic E-state index is 6.41. The van der Waals surface area contributed by atoms with Crippen molar-refractivity contribution in [3.05, 3.63) is 34.9 Å². The van der Waals surface area contributed by atoms with Crippen LogP contribution in [0.2, 0.25) is 5.02 Å². The Kier molecular flexibility index (Phi) is 9.07. The molecule has 0 aliphatic carbocycles. The van der Waals surface area contributed by atoms with Gasteiger partial charge in [-0.25, -0.2) is 0 Å². The summed E-state index contributed by atoms with van der Waals surface area (Å²) < 4.78 is 11.7. The Balaban J connectivity index is 3.13. The lowest BCUT2D eigenvalue weighted by Crippen LogP contribution is -2.05. The third kappa shape index (κ3) is 5.57. The summed E-state index contributed by atoms with van der Waals surface area (Å²) >= 11 is 6.41. The topological polar surface area (TPSA) is 18.5 Å². The van der Waals surface area contributed by atoms with Crippen LogP contribution in [0.1, 0.15) is 64.9 Å². The number of allylic oxidation sites excluding steroid dienone is 2. The van der Waals surface area contributed by atoms with Crippen LogP contribution >= 0.6 is 11.6 Å². The normalized spacial score (nSPS) is 12.6. The number of hydrogen-bond donors (Lipinski definition) is 0. The smallest absolute Gasteiger partial charge is 0.141 e. The molecule has 0 saturated carbocycles. The summed E-state index contributed by atoms with van der Waals surface area (Å²) in [6.45, 7) is 9.83. The lowest BCUT2D eigenvalue weighted by molar-refractivity contribution is 0.298. The van der Waals surface area contributed by atoms with Crippen LogP contribution in [0.15, 0.2) is 24.3 Å². The quantitative estimate of drug-likeness (QED) is 0.465. The minimum atomic E-state index is 0.417. The van der Waals surface area contributed by atoms with Gasteiger partial charge in [-0.05, 0) is 50.2 Å². The molecular weight excluding hydrogens is 296 g/mol. The van der Waals surface area contributed by atoms with Crippen molar-refractivity contribution in [2.24, 2.45) is 0 Å². The molecule has 0 aliphatic rings. The highest BCUT2D eigenvalue weighted by Crippen LogP contribution is 2.39. The summed E-state index contributed by atoms with van der Waals surface area (Å²) in [5.74, 6) is 2.05. The maximum atomic E-state index is 6.41. The molecule has 1 aromatic rings. The van der Waals surface area contributed by atoms with Gasteiger partial charge in [-0.1, -0.05) is 44.5 Å². The maximum Gasteiger partial charge on any atom is 0.141 e. The van der Waals surface area contributed by atoms with E-state index in [2.05, 4.69) is 39.8 Å². The van der Waals surface area contributed by atoms with Crippen molar-refractivity contribution in [1.29, 1.82) is 0 Å². The molecule has 0 aliphatic heterocycles. The highest BCUT2D eigenvalue weighted by molar-refractivity contribution is 6.32. The van der Waals surface area contributed by atoms with Crippen molar-refractivity contribution >= 4 is 11.6 Å². The Bertz CT molecular complexity index is 469. The summed E-state index contributed by atoms with van der Waals surface area (Å²) in [5, 5.41) is 0.672. The fourth-order valence-electron chi connectivity index (χ4n) is 2.34. The predicted molar refractivity (Wildman–Crippen MR) is 95.5 cm³/mol. The molecular formula is C19H29ClO2. The molecule has 0 spiro atoms. The largest absolute Gasteiger partial charge is 0.493 e. The molecule has 0 radical (unpaired) electrons. The van der Waals surface area contributed by atoms with Gasteiger partial charge in [0, 0.05) is 6.07 Å². The molecule has 1 unspecified atom stereocenters. The summed E-state index contributed by atoms with van der Waals surface area (Å²) in [4.78, 5) is 0. The molecule has 1 atom stereocenters. The number of rotatable bonds is 10. The van der Waals surface area contributed by atoms with E-state index in [0.29, 0.717) is 24.2 Å². The van der Waals surface area contributed by atoms with E-state index < -0.39 is 0 Å². The third-order valence-electron chi connectivity index (χ3n) is 3.58. The van der Waals surface area contributed by atoms with Crippen LogP contribution in [0.25, 0.3) is 0 Å². The number of ether oxygens (including phenoxy) is 2. The van der Waals surface area contributed by atoms with Crippen LogP contribution in [0, 0.1) is 0 Å². The molecule has 0 N–H and O–H groups in total. The molecule has 0 amide bonds. The third-order valence-corrected chi connectivity index (χ3v) is 3.87. The molecule has 0 heterocycles. The minimum Gasteiger partial charge on any atom is -0.493 e. The molecule has 1 rings (SSSR count). The molecule has 0 bridgehead atoms. The van der Waals surface area contributed by atoms with Gasteiger partial charge in [-0.3, -0.25) is 0 Å². The first-order valence-corrected chi connectivity index (χ1v) is 8.75. The van der Waals surface area contributed by atoms with Gasteiger partial charge in [0.25, 0.3) is 0 Å². The molecule has 2 nitrogen and oxygen atoms in total. The van der Waals surface area contributed by atoms with Crippen LogP contribution < -0.4 is 9.47 Å². The van der Waals surface area contributed by atoms with Crippen molar-refractivity contribution in [2.45, 2.75) is 59.3 Å². The van der Waals surface area contributed by atoms with Crippen LogP contribution in [-0.4, -0.2) is 13.2 Å². The van der Waals surface area contributed by atoms with E-state index in [1.54, 1.807) is 0 Å². The molecule has 22 heavy (non-hydrogen) atoms. The van der Waals surface area contributed by atoms with Gasteiger partial charge < -0.3 is 9.47 Å². The van der Waals surface area contributed by atoms with E-state index in [0.717, 1.165) is 37.2 Å². The van der Waals surface area contributed by atoms with Crippen molar-refractivity contribution in [3.63, 3.8) is 0 Å². The van der Waals surface area contributed by atoms with E-state index in [4.69, 9.17) is 21.1 Å². The summed E-state index contributed by atoms with van der Waals surface area (Å²) in [5.41, 5.74) is 1.18. The zero-order valence-corrected chi connectivity index (χ0v) is 15.1. The van der Waals surface area contributed by atoms with Gasteiger partial charge in [-0.2, -0.15) is 0 Å². The van der Waals surface area contributed by atoms with Crippen molar-refractivity contribution in [1.82, 2.24) is 0 Å². The van der Waals surface area contributed by atoms with Gasteiger partial charge in [0.15, 0.2) is 0 Å². The highest BCUT2D eigenvalue weighted by Gasteiger charge is 2.17. The number of halogens is 1. The van der Waals surface area contributed by atoms with E-state index >= 15 is 0 Å². The molecule has 1 aromatic carbocycles. The van der Waals surface area contributed by atoms with Gasteiger partial charge in [0.1, 0.15) is 11.5 Å². The number of benzene rings is 1. The Labute approximate surface area is 140 Å². The highest BCUT2D eigenvalue weighted by atomic mass is 35.5. The predicted octanol–water partition coefficient (Wildman–Crippen LogP) is 6.38. The zero-order chi connectivity index (χ0) is 16.4. The Hall–Kier alpha value is -1.15. The van der Waals surface area contributed by atoms with Gasteiger partial charge in [0.05, 0.1) is 18.2 Å². The lowest BCUT2D eigenvalue weighted by atomic mass is 9.92. The summed E-state index contributed by atoms with van der Waals surface area (Å²) in [6.07, 6.45) is 8.29. The van der Waals surface area contributed by atoms with Crippen LogP contribution in [-0.2, 0) is 0 Å². The average Bonchev–Trinajstić information content (AvgIpc) is 2.53. The summed E-state index contributed by atoms with van der Waals surface area (Å²) in [7, 11) is 0.